The lowest BCUT2D eigenvalue weighted by Crippen LogP contribution is -2.27. The Labute approximate surface area is 158 Å². The summed E-state index contributed by atoms with van der Waals surface area (Å²) in [6.45, 7) is 1.82. The third-order valence-corrected chi connectivity index (χ3v) is 7.12. The average molecular weight is 387 g/mol. The molecule has 0 saturated carbocycles. The molecule has 1 heterocycles. The molecule has 3 aromatic rings. The van der Waals surface area contributed by atoms with Gasteiger partial charge in [-0.05, 0) is 48.2 Å². The minimum absolute atomic E-state index is 0.211. The molecule has 0 amide bonds. The highest BCUT2D eigenvalue weighted by Crippen LogP contribution is 2.32. The van der Waals surface area contributed by atoms with Gasteiger partial charge in [-0.2, -0.15) is 12.2 Å². The normalized spacial score (nSPS) is 15.0. The molecule has 6 heteroatoms. The summed E-state index contributed by atoms with van der Waals surface area (Å²) in [5.41, 5.74) is 2.84. The Hall–Kier alpha value is -2.08. The number of hydrogen-bond donors (Lipinski definition) is 0. The molecule has 134 valence electrons. The maximum Gasteiger partial charge on any atom is 0.278 e. The smallest absolute Gasteiger partial charge is 0.278 e. The number of benzene rings is 3. The molecule has 3 aromatic carbocycles. The zero-order valence-corrected chi connectivity index (χ0v) is 16.0. The van der Waals surface area contributed by atoms with Crippen molar-refractivity contribution in [3.63, 3.8) is 0 Å². The summed E-state index contributed by atoms with van der Waals surface area (Å²) in [6, 6.07) is 18.3. The third-order valence-electron chi connectivity index (χ3n) is 4.83. The lowest BCUT2D eigenvalue weighted by Gasteiger charge is -2.26. The van der Waals surface area contributed by atoms with Gasteiger partial charge in [0.1, 0.15) is 0 Å². The second kappa shape index (κ2) is 6.58. The second-order valence-electron chi connectivity index (χ2n) is 6.64. The SMILES string of the molecule is CN1CCc2cc(N(Cl)S(=O)(=O)c3cccc4ccccc34)ccc2C1. The fourth-order valence-corrected chi connectivity index (χ4v) is 5.04. The van der Waals surface area contributed by atoms with E-state index in [1.54, 1.807) is 24.3 Å². The molecule has 1 aliphatic heterocycles. The molecule has 4 nitrogen and oxygen atoms in total. The van der Waals surface area contributed by atoms with Gasteiger partial charge in [-0.1, -0.05) is 42.5 Å². The first kappa shape index (κ1) is 17.3. The van der Waals surface area contributed by atoms with Crippen molar-refractivity contribution in [2.45, 2.75) is 17.9 Å². The zero-order chi connectivity index (χ0) is 18.3. The highest BCUT2D eigenvalue weighted by molar-refractivity contribution is 7.94. The molecule has 1 aliphatic rings. The van der Waals surface area contributed by atoms with Crippen LogP contribution in [-0.2, 0) is 23.0 Å². The molecule has 0 aliphatic carbocycles. The standard InChI is InChI=1S/C20H19ClN2O2S/c1-22-12-11-16-13-18(10-9-17(16)14-22)23(21)26(24,25)20-8-4-6-15-5-2-3-7-19(15)20/h2-10,13H,11-12,14H2,1H3. The van der Waals surface area contributed by atoms with Gasteiger partial charge in [0.25, 0.3) is 10.0 Å². The Bertz CT molecular complexity index is 1080. The van der Waals surface area contributed by atoms with Crippen molar-refractivity contribution < 1.29 is 8.42 Å². The van der Waals surface area contributed by atoms with Crippen molar-refractivity contribution in [2.75, 3.05) is 17.4 Å². The molecule has 0 aromatic heterocycles. The molecule has 0 unspecified atom stereocenters. The lowest BCUT2D eigenvalue weighted by atomic mass is 10.00. The molecule has 0 spiro atoms. The number of sulfonamides is 1. The number of anilines is 1. The van der Waals surface area contributed by atoms with E-state index < -0.39 is 10.0 Å². The Balaban J connectivity index is 1.76. The maximum atomic E-state index is 13.2. The molecule has 0 bridgehead atoms. The molecule has 0 radical (unpaired) electrons. The minimum Gasteiger partial charge on any atom is -0.302 e. The number of likely N-dealkylation sites (N-methyl/N-ethyl adjacent to an activating group) is 1. The monoisotopic (exact) mass is 386 g/mol. The predicted octanol–water partition coefficient (Wildman–Crippen LogP) is 4.18. The first-order valence-corrected chi connectivity index (χ1v) is 10.2. The summed E-state index contributed by atoms with van der Waals surface area (Å²) >= 11 is 6.34. The molecule has 26 heavy (non-hydrogen) atoms. The quantitative estimate of drug-likeness (QED) is 0.634. The maximum absolute atomic E-state index is 13.2. The van der Waals surface area contributed by atoms with Gasteiger partial charge in [-0.3, -0.25) is 0 Å². The number of rotatable bonds is 3. The summed E-state index contributed by atoms with van der Waals surface area (Å²) in [5.74, 6) is 0. The van der Waals surface area contributed by atoms with Crippen molar-refractivity contribution in [1.29, 1.82) is 0 Å². The van der Waals surface area contributed by atoms with E-state index in [1.165, 1.54) is 5.56 Å². The van der Waals surface area contributed by atoms with Gasteiger partial charge in [0.15, 0.2) is 0 Å². The van der Waals surface area contributed by atoms with Crippen molar-refractivity contribution in [3.8, 4) is 0 Å². The van der Waals surface area contributed by atoms with Gasteiger partial charge < -0.3 is 4.90 Å². The van der Waals surface area contributed by atoms with E-state index in [0.29, 0.717) is 11.1 Å². The molecule has 4 rings (SSSR count). The number of nitrogens with zero attached hydrogens (tertiary/aromatic N) is 2. The first-order valence-electron chi connectivity index (χ1n) is 8.46. The molecular weight excluding hydrogens is 368 g/mol. The highest BCUT2D eigenvalue weighted by atomic mass is 35.5. The number of hydrogen-bond acceptors (Lipinski definition) is 3. The van der Waals surface area contributed by atoms with Crippen molar-refractivity contribution in [2.24, 2.45) is 0 Å². The van der Waals surface area contributed by atoms with E-state index in [-0.39, 0.29) is 4.90 Å². The predicted molar refractivity (Wildman–Crippen MR) is 106 cm³/mol. The van der Waals surface area contributed by atoms with Gasteiger partial charge in [0.2, 0.25) is 0 Å². The van der Waals surface area contributed by atoms with Crippen LogP contribution in [0.25, 0.3) is 10.8 Å². The van der Waals surface area contributed by atoms with E-state index in [2.05, 4.69) is 11.9 Å². The zero-order valence-electron chi connectivity index (χ0n) is 14.4. The summed E-state index contributed by atoms with van der Waals surface area (Å²) in [6.07, 6.45) is 0.888. The van der Waals surface area contributed by atoms with E-state index >= 15 is 0 Å². The average Bonchev–Trinajstić information content (AvgIpc) is 2.66. The Morgan fingerprint density at radius 1 is 1.00 bits per heavy atom. The fraction of sp³-hybridized carbons (Fsp3) is 0.200. The van der Waals surface area contributed by atoms with Crippen molar-refractivity contribution in [3.05, 3.63) is 71.8 Å². The highest BCUT2D eigenvalue weighted by Gasteiger charge is 2.26. The van der Waals surface area contributed by atoms with Crippen LogP contribution in [0.15, 0.2) is 65.6 Å². The van der Waals surface area contributed by atoms with E-state index in [1.807, 2.05) is 36.4 Å². The second-order valence-corrected chi connectivity index (χ2v) is 8.93. The molecule has 0 N–H and O–H groups in total. The van der Waals surface area contributed by atoms with Gasteiger partial charge >= 0.3 is 0 Å². The third kappa shape index (κ3) is 2.96. The van der Waals surface area contributed by atoms with Crippen LogP contribution in [0.3, 0.4) is 0 Å². The first-order chi connectivity index (χ1) is 12.5. The molecule has 0 saturated heterocycles. The van der Waals surface area contributed by atoms with Crippen LogP contribution in [-0.4, -0.2) is 26.9 Å². The van der Waals surface area contributed by atoms with Gasteiger partial charge in [-0.15, -0.1) is 0 Å². The number of halogens is 1. The summed E-state index contributed by atoms with van der Waals surface area (Å²) in [5, 5.41) is 1.53. The van der Waals surface area contributed by atoms with Crippen LogP contribution in [0.4, 0.5) is 5.69 Å². The van der Waals surface area contributed by atoms with E-state index in [4.69, 9.17) is 11.8 Å². The van der Waals surface area contributed by atoms with E-state index in [9.17, 15) is 8.42 Å². The van der Waals surface area contributed by atoms with Gasteiger partial charge in [0, 0.05) is 30.3 Å². The van der Waals surface area contributed by atoms with Crippen molar-refractivity contribution >= 4 is 38.3 Å². The van der Waals surface area contributed by atoms with Gasteiger partial charge in [0.05, 0.1) is 10.6 Å². The summed E-state index contributed by atoms with van der Waals surface area (Å²) < 4.78 is 27.2. The van der Waals surface area contributed by atoms with Gasteiger partial charge in [-0.25, -0.2) is 0 Å². The molecular formula is C20H19ClN2O2S. The molecule has 0 atom stereocenters. The van der Waals surface area contributed by atoms with Crippen LogP contribution < -0.4 is 3.82 Å². The van der Waals surface area contributed by atoms with Crippen LogP contribution >= 0.6 is 11.8 Å². The van der Waals surface area contributed by atoms with Crippen LogP contribution in [0.5, 0.6) is 0 Å². The van der Waals surface area contributed by atoms with Crippen LogP contribution in [0.2, 0.25) is 0 Å². The Morgan fingerprint density at radius 2 is 1.77 bits per heavy atom. The number of fused-ring (bicyclic) bond motifs is 2. The Morgan fingerprint density at radius 3 is 2.62 bits per heavy atom. The minimum atomic E-state index is -3.87. The van der Waals surface area contributed by atoms with Crippen LogP contribution in [0, 0.1) is 0 Å². The van der Waals surface area contributed by atoms with Crippen molar-refractivity contribution in [1.82, 2.24) is 4.90 Å². The fourth-order valence-electron chi connectivity index (χ4n) is 3.44. The van der Waals surface area contributed by atoms with E-state index in [0.717, 1.165) is 34.3 Å². The summed E-state index contributed by atoms with van der Waals surface area (Å²) in [7, 11) is -1.79. The topological polar surface area (TPSA) is 40.6 Å². The largest absolute Gasteiger partial charge is 0.302 e. The summed E-state index contributed by atoms with van der Waals surface area (Å²) in [4.78, 5) is 2.45. The Kier molecular flexibility index (Phi) is 4.39. The molecule has 0 fully saturated rings. The lowest BCUT2D eigenvalue weighted by molar-refractivity contribution is 0.313. The van der Waals surface area contributed by atoms with Crippen LogP contribution in [0.1, 0.15) is 11.1 Å².